The number of carbonyl (C=O) groups excluding carboxylic acids is 3. The topological polar surface area (TPSA) is 72.8 Å². The van der Waals surface area contributed by atoms with Crippen LogP contribution in [0.1, 0.15) is 20.8 Å². The van der Waals surface area contributed by atoms with Gasteiger partial charge in [0.15, 0.2) is 5.78 Å². The van der Waals surface area contributed by atoms with Crippen molar-refractivity contribution in [2.45, 2.75) is 20.8 Å². The van der Waals surface area contributed by atoms with Crippen molar-refractivity contribution in [1.29, 1.82) is 0 Å². The van der Waals surface area contributed by atoms with Crippen molar-refractivity contribution < 1.29 is 19.1 Å². The summed E-state index contributed by atoms with van der Waals surface area (Å²) in [5.41, 5.74) is 0. The number of rotatable bonds is 2. The Hall–Kier alpha value is -1.78. The van der Waals surface area contributed by atoms with Crippen molar-refractivity contribution in [2.24, 2.45) is 10.9 Å². The van der Waals surface area contributed by atoms with Gasteiger partial charge in [0.1, 0.15) is 0 Å². The fourth-order valence-electron chi connectivity index (χ4n) is 0.651. The zero-order chi connectivity index (χ0) is 12.6. The van der Waals surface area contributed by atoms with Crippen molar-refractivity contribution in [1.82, 2.24) is 0 Å². The Kier molecular flexibility index (Phi) is 6.67. The number of allylic oxidation sites excluding steroid dienone is 1. The number of nitrogens with zero attached hydrogens (tertiary/aromatic N) is 1. The first-order valence-electron chi connectivity index (χ1n) is 4.85. The Labute approximate surface area is 94.2 Å². The first-order chi connectivity index (χ1) is 7.41. The second-order valence-corrected chi connectivity index (χ2v) is 3.53. The maximum absolute atomic E-state index is 10.2. The third-order valence-electron chi connectivity index (χ3n) is 1.33. The highest BCUT2D eigenvalue weighted by Gasteiger charge is 1.99. The van der Waals surface area contributed by atoms with Gasteiger partial charge in [0.05, 0.1) is 12.8 Å². The van der Waals surface area contributed by atoms with Gasteiger partial charge in [-0.05, 0) is 12.0 Å². The molecule has 1 amide bonds. The van der Waals surface area contributed by atoms with Crippen LogP contribution in [0.15, 0.2) is 17.1 Å². The molecule has 0 atom stereocenters. The van der Waals surface area contributed by atoms with Crippen molar-refractivity contribution in [3.63, 3.8) is 0 Å². The van der Waals surface area contributed by atoms with Gasteiger partial charge in [-0.2, -0.15) is 0 Å². The summed E-state index contributed by atoms with van der Waals surface area (Å²) in [6.45, 7) is 5.96. The van der Waals surface area contributed by atoms with Crippen LogP contribution < -0.4 is 0 Å². The molecule has 0 bridgehead atoms. The van der Waals surface area contributed by atoms with Crippen molar-refractivity contribution >= 4 is 23.9 Å². The van der Waals surface area contributed by atoms with Crippen LogP contribution in [-0.4, -0.2) is 30.5 Å². The number of esters is 1. The molecule has 0 fully saturated rings. The average molecular weight is 225 g/mol. The Morgan fingerprint density at radius 1 is 1.38 bits per heavy atom. The number of carbonyl (C=O) groups is 3. The molecule has 5 nitrogen and oxygen atoms in total. The Morgan fingerprint density at radius 3 is 2.25 bits per heavy atom. The molecule has 1 rings (SSSR count). The van der Waals surface area contributed by atoms with E-state index in [1.165, 1.54) is 13.0 Å². The zero-order valence-electron chi connectivity index (χ0n) is 9.60. The Balaban J connectivity index is 0.000000281. The predicted octanol–water partition coefficient (Wildman–Crippen LogP) is 0.928. The first kappa shape index (κ1) is 14.2. The Morgan fingerprint density at radius 2 is 2.00 bits per heavy atom. The highest BCUT2D eigenvalue weighted by molar-refractivity contribution is 6.37. The summed E-state index contributed by atoms with van der Waals surface area (Å²) in [7, 11) is 0. The molecule has 1 aliphatic heterocycles. The highest BCUT2D eigenvalue weighted by Crippen LogP contribution is 1.91. The summed E-state index contributed by atoms with van der Waals surface area (Å²) >= 11 is 0. The second-order valence-electron chi connectivity index (χ2n) is 3.53. The van der Waals surface area contributed by atoms with E-state index in [0.29, 0.717) is 12.5 Å². The van der Waals surface area contributed by atoms with E-state index in [0.717, 1.165) is 12.3 Å². The lowest BCUT2D eigenvalue weighted by atomic mass is 10.2. The minimum absolute atomic E-state index is 0.196. The lowest BCUT2D eigenvalue weighted by molar-refractivity contribution is -0.142. The lowest BCUT2D eigenvalue weighted by Crippen LogP contribution is -2.05. The van der Waals surface area contributed by atoms with Crippen LogP contribution >= 0.6 is 0 Å². The third kappa shape index (κ3) is 8.80. The molecule has 0 aromatic carbocycles. The van der Waals surface area contributed by atoms with Gasteiger partial charge in [0.2, 0.25) is 0 Å². The highest BCUT2D eigenvalue weighted by atomic mass is 16.5. The van der Waals surface area contributed by atoms with Crippen molar-refractivity contribution in [3.8, 4) is 0 Å². The summed E-state index contributed by atoms with van der Waals surface area (Å²) in [6, 6.07) is 0. The molecule has 0 aromatic heterocycles. The fraction of sp³-hybridized carbons (Fsp3) is 0.455. The minimum Gasteiger partial charge on any atom is -0.466 e. The molecule has 0 radical (unpaired) electrons. The summed E-state index contributed by atoms with van der Waals surface area (Å²) in [6.07, 6.45) is 3.33. The zero-order valence-corrected chi connectivity index (χ0v) is 9.60. The van der Waals surface area contributed by atoms with Gasteiger partial charge in [-0.1, -0.05) is 13.8 Å². The summed E-state index contributed by atoms with van der Waals surface area (Å²) in [5.74, 6) is -0.355. The van der Waals surface area contributed by atoms with Crippen LogP contribution in [-0.2, 0) is 19.1 Å². The number of hydrogen-bond donors (Lipinski definition) is 0. The van der Waals surface area contributed by atoms with E-state index in [2.05, 4.69) is 9.73 Å². The maximum Gasteiger partial charge on any atom is 0.302 e. The van der Waals surface area contributed by atoms with Crippen LogP contribution in [0.25, 0.3) is 0 Å². The molecule has 16 heavy (non-hydrogen) atoms. The lowest BCUT2D eigenvalue weighted by Gasteiger charge is -2.02. The monoisotopic (exact) mass is 225 g/mol. The second kappa shape index (κ2) is 7.50. The standard InChI is InChI=1S/C6H12O2.C5H3NO2/c1-5(2)4-8-6(3)7;7-4-1-2-5(8)6-3-4/h5H,4H2,1-3H3;1-3H. The number of amides is 1. The molecule has 0 saturated carbocycles. The minimum atomic E-state index is -0.371. The van der Waals surface area contributed by atoms with Gasteiger partial charge < -0.3 is 4.74 Å². The summed E-state index contributed by atoms with van der Waals surface area (Å²) < 4.78 is 4.66. The molecule has 1 heterocycles. The molecule has 0 spiro atoms. The number of aliphatic imine (C=N–C) groups is 1. The van der Waals surface area contributed by atoms with Gasteiger partial charge in [0, 0.05) is 13.0 Å². The predicted molar refractivity (Wildman–Crippen MR) is 59.1 cm³/mol. The van der Waals surface area contributed by atoms with Gasteiger partial charge >= 0.3 is 5.97 Å². The molecule has 0 unspecified atom stereocenters. The molecule has 0 N–H and O–H groups in total. The van der Waals surface area contributed by atoms with Crippen molar-refractivity contribution in [3.05, 3.63) is 12.2 Å². The van der Waals surface area contributed by atoms with E-state index in [1.807, 2.05) is 13.8 Å². The quantitative estimate of drug-likeness (QED) is 0.655. The molecule has 0 aliphatic carbocycles. The molecule has 88 valence electrons. The van der Waals surface area contributed by atoms with E-state index in [-0.39, 0.29) is 17.7 Å². The third-order valence-corrected chi connectivity index (χ3v) is 1.33. The molecule has 5 heteroatoms. The molecule has 0 saturated heterocycles. The molecule has 0 aromatic rings. The van der Waals surface area contributed by atoms with Gasteiger partial charge in [-0.25, -0.2) is 4.99 Å². The number of ether oxygens (including phenoxy) is 1. The van der Waals surface area contributed by atoms with Crippen LogP contribution in [0, 0.1) is 5.92 Å². The first-order valence-corrected chi connectivity index (χ1v) is 4.85. The summed E-state index contributed by atoms with van der Waals surface area (Å²) in [5, 5.41) is 0. The molecule has 1 aliphatic rings. The average Bonchev–Trinajstić information content (AvgIpc) is 2.20. The number of dihydropyridines is 1. The van der Waals surface area contributed by atoms with E-state index in [4.69, 9.17) is 0 Å². The SMILES string of the molecule is CC(=O)OCC(C)C.O=C1C=CC(=O)N=C1. The molecular formula is C11H15NO4. The largest absolute Gasteiger partial charge is 0.466 e. The molecular weight excluding hydrogens is 210 g/mol. The number of hydrogen-bond acceptors (Lipinski definition) is 4. The van der Waals surface area contributed by atoms with Crippen LogP contribution in [0.2, 0.25) is 0 Å². The van der Waals surface area contributed by atoms with E-state index in [9.17, 15) is 14.4 Å². The van der Waals surface area contributed by atoms with Crippen LogP contribution in [0.5, 0.6) is 0 Å². The van der Waals surface area contributed by atoms with Crippen LogP contribution in [0.3, 0.4) is 0 Å². The van der Waals surface area contributed by atoms with Gasteiger partial charge in [0.25, 0.3) is 5.91 Å². The van der Waals surface area contributed by atoms with Gasteiger partial charge in [-0.3, -0.25) is 14.4 Å². The van der Waals surface area contributed by atoms with Gasteiger partial charge in [-0.15, -0.1) is 0 Å². The van der Waals surface area contributed by atoms with E-state index in [1.54, 1.807) is 0 Å². The van der Waals surface area contributed by atoms with E-state index < -0.39 is 0 Å². The maximum atomic E-state index is 10.2. The smallest absolute Gasteiger partial charge is 0.302 e. The fourth-order valence-corrected chi connectivity index (χ4v) is 0.651. The van der Waals surface area contributed by atoms with E-state index >= 15 is 0 Å². The van der Waals surface area contributed by atoms with Crippen LogP contribution in [0.4, 0.5) is 0 Å². The summed E-state index contributed by atoms with van der Waals surface area (Å²) in [4.78, 5) is 33.7. The Bertz CT molecular complexity index is 291. The normalized spacial score (nSPS) is 13.5. The number of ketones is 1. The van der Waals surface area contributed by atoms with Crippen molar-refractivity contribution in [2.75, 3.05) is 6.61 Å².